The molecule has 146 valence electrons. The zero-order valence-electron chi connectivity index (χ0n) is 16.0. The molecule has 0 unspecified atom stereocenters. The number of aromatic nitrogens is 1. The second-order valence-corrected chi connectivity index (χ2v) is 7.17. The first-order valence-corrected chi connectivity index (χ1v) is 9.57. The van der Waals surface area contributed by atoms with E-state index in [1.54, 1.807) is 36.4 Å². The van der Waals surface area contributed by atoms with E-state index >= 15 is 0 Å². The number of nitriles is 1. The fourth-order valence-corrected chi connectivity index (χ4v) is 3.20. The minimum Gasteiger partial charge on any atom is -0.355 e. The Morgan fingerprint density at radius 2 is 1.90 bits per heavy atom. The number of nitrogens with zero attached hydrogens (tertiary/aromatic N) is 2. The second kappa shape index (κ2) is 8.24. The predicted molar refractivity (Wildman–Crippen MR) is 118 cm³/mol. The Bertz CT molecular complexity index is 1310. The molecule has 0 bridgehead atoms. The number of para-hydroxylation sites is 1. The van der Waals surface area contributed by atoms with Crippen molar-refractivity contribution in [2.45, 2.75) is 6.92 Å². The van der Waals surface area contributed by atoms with Crippen molar-refractivity contribution in [2.24, 2.45) is 0 Å². The van der Waals surface area contributed by atoms with Crippen molar-refractivity contribution in [1.82, 2.24) is 5.16 Å². The van der Waals surface area contributed by atoms with Gasteiger partial charge in [0.05, 0.1) is 5.39 Å². The molecule has 5 nitrogen and oxygen atoms in total. The summed E-state index contributed by atoms with van der Waals surface area (Å²) in [6.45, 7) is 1.89. The summed E-state index contributed by atoms with van der Waals surface area (Å²) in [5.74, 6) is 0.134. The Balaban J connectivity index is 1.68. The van der Waals surface area contributed by atoms with Gasteiger partial charge in [0.2, 0.25) is 0 Å². The van der Waals surface area contributed by atoms with Crippen LogP contribution >= 0.6 is 11.6 Å². The molecular formula is C24H16ClN3O2. The summed E-state index contributed by atoms with van der Waals surface area (Å²) < 4.78 is 5.51. The van der Waals surface area contributed by atoms with E-state index in [0.29, 0.717) is 27.6 Å². The van der Waals surface area contributed by atoms with Crippen LogP contribution in [0.15, 0.2) is 76.8 Å². The number of carbonyl (C=O) groups excluding carboxylic acids is 1. The summed E-state index contributed by atoms with van der Waals surface area (Å²) in [6.07, 6.45) is 1.55. The van der Waals surface area contributed by atoms with Crippen LogP contribution in [-0.4, -0.2) is 11.1 Å². The number of anilines is 1. The summed E-state index contributed by atoms with van der Waals surface area (Å²) in [5, 5.41) is 17.8. The molecule has 4 aromatic rings. The summed E-state index contributed by atoms with van der Waals surface area (Å²) in [5.41, 5.74) is 3.80. The van der Waals surface area contributed by atoms with Gasteiger partial charge in [0.25, 0.3) is 5.91 Å². The number of carbonyl (C=O) groups is 1. The second-order valence-electron chi connectivity index (χ2n) is 6.73. The van der Waals surface area contributed by atoms with Crippen LogP contribution in [0.2, 0.25) is 5.02 Å². The van der Waals surface area contributed by atoms with Gasteiger partial charge >= 0.3 is 0 Å². The third kappa shape index (κ3) is 3.95. The number of aryl methyl sites for hydroxylation is 1. The molecule has 0 aliphatic rings. The Morgan fingerprint density at radius 1 is 1.13 bits per heavy atom. The predicted octanol–water partition coefficient (Wildman–Crippen LogP) is 6.00. The first-order chi connectivity index (χ1) is 14.5. The van der Waals surface area contributed by atoms with Crippen LogP contribution in [0.4, 0.5) is 5.69 Å². The first-order valence-electron chi connectivity index (χ1n) is 9.19. The largest absolute Gasteiger partial charge is 0.355 e. The van der Waals surface area contributed by atoms with Crippen LogP contribution in [0.5, 0.6) is 0 Å². The zero-order valence-corrected chi connectivity index (χ0v) is 16.8. The fraction of sp³-hybridized carbons (Fsp3) is 0.0417. The van der Waals surface area contributed by atoms with Crippen molar-refractivity contribution < 1.29 is 9.32 Å². The lowest BCUT2D eigenvalue weighted by Crippen LogP contribution is -2.14. The van der Waals surface area contributed by atoms with E-state index in [0.717, 1.165) is 16.5 Å². The molecule has 0 saturated heterocycles. The van der Waals surface area contributed by atoms with Crippen molar-refractivity contribution in [3.63, 3.8) is 0 Å². The van der Waals surface area contributed by atoms with E-state index in [2.05, 4.69) is 10.5 Å². The van der Waals surface area contributed by atoms with Gasteiger partial charge in [-0.2, -0.15) is 5.26 Å². The molecule has 1 N–H and O–H groups in total. The number of hydrogen-bond donors (Lipinski definition) is 1. The summed E-state index contributed by atoms with van der Waals surface area (Å²) >= 11 is 5.96. The molecule has 0 aliphatic heterocycles. The third-order valence-electron chi connectivity index (χ3n) is 4.68. The zero-order chi connectivity index (χ0) is 21.1. The van der Waals surface area contributed by atoms with Crippen LogP contribution < -0.4 is 5.32 Å². The van der Waals surface area contributed by atoms with Crippen LogP contribution in [0, 0.1) is 18.3 Å². The maximum Gasteiger partial charge on any atom is 0.266 e. The molecule has 1 amide bonds. The first kappa shape index (κ1) is 19.4. The Morgan fingerprint density at radius 3 is 2.63 bits per heavy atom. The van der Waals surface area contributed by atoms with Crippen molar-refractivity contribution in [3.05, 3.63) is 88.5 Å². The molecule has 0 spiro atoms. The van der Waals surface area contributed by atoms with Gasteiger partial charge in [-0.15, -0.1) is 0 Å². The molecule has 0 fully saturated rings. The van der Waals surface area contributed by atoms with Gasteiger partial charge in [0.15, 0.2) is 5.76 Å². The van der Waals surface area contributed by atoms with Crippen LogP contribution in [0.1, 0.15) is 11.1 Å². The highest BCUT2D eigenvalue weighted by Gasteiger charge is 2.14. The topological polar surface area (TPSA) is 78.9 Å². The van der Waals surface area contributed by atoms with E-state index in [1.807, 2.05) is 49.4 Å². The van der Waals surface area contributed by atoms with Crippen molar-refractivity contribution in [1.29, 1.82) is 5.26 Å². The maximum absolute atomic E-state index is 12.6. The van der Waals surface area contributed by atoms with Crippen molar-refractivity contribution >= 4 is 40.2 Å². The third-order valence-corrected chi connectivity index (χ3v) is 4.93. The van der Waals surface area contributed by atoms with Crippen molar-refractivity contribution in [3.8, 4) is 17.4 Å². The smallest absolute Gasteiger partial charge is 0.266 e. The van der Waals surface area contributed by atoms with Crippen LogP contribution in [0.3, 0.4) is 0 Å². The Kier molecular flexibility index (Phi) is 5.34. The van der Waals surface area contributed by atoms with Gasteiger partial charge < -0.3 is 9.84 Å². The van der Waals surface area contributed by atoms with E-state index in [-0.39, 0.29) is 5.57 Å². The van der Waals surface area contributed by atoms with Crippen LogP contribution in [-0.2, 0) is 4.79 Å². The normalized spacial score (nSPS) is 11.3. The average molecular weight is 414 g/mol. The minimum absolute atomic E-state index is 0.00194. The molecule has 1 aromatic heterocycles. The summed E-state index contributed by atoms with van der Waals surface area (Å²) in [7, 11) is 0. The summed E-state index contributed by atoms with van der Waals surface area (Å²) in [4.78, 5) is 12.6. The molecule has 0 aliphatic carbocycles. The van der Waals surface area contributed by atoms with E-state index in [4.69, 9.17) is 16.1 Å². The molecule has 6 heteroatoms. The maximum atomic E-state index is 12.6. The number of benzene rings is 3. The summed E-state index contributed by atoms with van der Waals surface area (Å²) in [6, 6.07) is 22.1. The molecular weight excluding hydrogens is 398 g/mol. The standard InChI is InChI=1S/C24H16ClN3O2/c1-15-4-2-3-5-21(15)27-24(29)18(14-26)12-16-6-11-22-20(13-16)23(30-28-22)17-7-9-19(25)10-8-17/h2-13H,1H3,(H,27,29)/b18-12+. The molecule has 30 heavy (non-hydrogen) atoms. The average Bonchev–Trinajstić information content (AvgIpc) is 3.17. The number of halogens is 1. The molecule has 3 aromatic carbocycles. The monoisotopic (exact) mass is 413 g/mol. The number of fused-ring (bicyclic) bond motifs is 1. The van der Waals surface area contributed by atoms with Crippen LogP contribution in [0.25, 0.3) is 28.3 Å². The Hall–Kier alpha value is -3.88. The lowest BCUT2D eigenvalue weighted by atomic mass is 10.0. The van der Waals surface area contributed by atoms with E-state index in [9.17, 15) is 10.1 Å². The van der Waals surface area contributed by atoms with E-state index in [1.165, 1.54) is 0 Å². The van der Waals surface area contributed by atoms with E-state index < -0.39 is 5.91 Å². The number of amides is 1. The number of hydrogen-bond acceptors (Lipinski definition) is 4. The minimum atomic E-state index is -0.463. The number of rotatable bonds is 4. The molecule has 4 rings (SSSR count). The molecule has 0 radical (unpaired) electrons. The highest BCUT2D eigenvalue weighted by molar-refractivity contribution is 6.30. The van der Waals surface area contributed by atoms with Gasteiger partial charge in [0, 0.05) is 16.3 Å². The lowest BCUT2D eigenvalue weighted by Gasteiger charge is -2.07. The van der Waals surface area contributed by atoms with Gasteiger partial charge in [-0.3, -0.25) is 4.79 Å². The Labute approximate surface area is 178 Å². The van der Waals surface area contributed by atoms with Gasteiger partial charge in [-0.25, -0.2) is 0 Å². The molecule has 0 saturated carbocycles. The molecule has 0 atom stereocenters. The quantitative estimate of drug-likeness (QED) is 0.328. The highest BCUT2D eigenvalue weighted by atomic mass is 35.5. The highest BCUT2D eigenvalue weighted by Crippen LogP contribution is 2.30. The number of nitrogens with one attached hydrogen (secondary N) is 1. The molecule has 1 heterocycles. The fourth-order valence-electron chi connectivity index (χ4n) is 3.08. The SMILES string of the molecule is Cc1ccccc1NC(=O)/C(C#N)=C/c1ccc2noc(-c3ccc(Cl)cc3)c2c1. The lowest BCUT2D eigenvalue weighted by molar-refractivity contribution is -0.112. The van der Waals surface area contributed by atoms with Crippen molar-refractivity contribution in [2.75, 3.05) is 5.32 Å². The van der Waals surface area contributed by atoms with Gasteiger partial charge in [0.1, 0.15) is 17.2 Å². The van der Waals surface area contributed by atoms with Gasteiger partial charge in [-0.05, 0) is 66.6 Å². The van der Waals surface area contributed by atoms with Gasteiger partial charge in [-0.1, -0.05) is 41.0 Å².